The number of piperazine rings is 1. The summed E-state index contributed by atoms with van der Waals surface area (Å²) in [6, 6.07) is 0.598. The Bertz CT molecular complexity index is 393. The van der Waals surface area contributed by atoms with Gasteiger partial charge in [0.15, 0.2) is 0 Å². The lowest BCUT2D eigenvalue weighted by molar-refractivity contribution is 0.0616. The van der Waals surface area contributed by atoms with Crippen LogP contribution in [0.5, 0.6) is 0 Å². The van der Waals surface area contributed by atoms with Crippen molar-refractivity contribution < 1.29 is 4.79 Å². The zero-order chi connectivity index (χ0) is 11.7. The van der Waals surface area contributed by atoms with Gasteiger partial charge in [-0.3, -0.25) is 9.48 Å². The molecule has 2 rings (SSSR count). The minimum absolute atomic E-state index is 0. The predicted molar refractivity (Wildman–Crippen MR) is 68.4 cm³/mol. The first kappa shape index (κ1) is 14.0. The highest BCUT2D eigenvalue weighted by atomic mass is 35.5. The molecule has 1 aromatic rings. The Balaban J connectivity index is 0.00000144. The molecule has 1 aliphatic rings. The van der Waals surface area contributed by atoms with Crippen LogP contribution < -0.4 is 5.32 Å². The summed E-state index contributed by atoms with van der Waals surface area (Å²) in [6.07, 6.45) is 3.39. The van der Waals surface area contributed by atoms with Gasteiger partial charge < -0.3 is 10.2 Å². The van der Waals surface area contributed by atoms with Crippen LogP contribution in [-0.2, 0) is 7.05 Å². The molecule has 2 atom stereocenters. The quantitative estimate of drug-likeness (QED) is 0.805. The fraction of sp³-hybridized carbons (Fsp3) is 0.636. The highest BCUT2D eigenvalue weighted by Crippen LogP contribution is 2.11. The second-order valence-electron chi connectivity index (χ2n) is 4.52. The molecule has 17 heavy (non-hydrogen) atoms. The van der Waals surface area contributed by atoms with Gasteiger partial charge in [-0.05, 0) is 13.8 Å². The van der Waals surface area contributed by atoms with Crippen molar-refractivity contribution in [1.29, 1.82) is 0 Å². The SMILES string of the molecule is CC1CN(C(=O)c2cnn(C)c2)C(C)CN1.Cl. The van der Waals surface area contributed by atoms with E-state index in [-0.39, 0.29) is 24.4 Å². The zero-order valence-electron chi connectivity index (χ0n) is 10.4. The third-order valence-corrected chi connectivity index (χ3v) is 2.98. The molecule has 96 valence electrons. The van der Waals surface area contributed by atoms with E-state index < -0.39 is 0 Å². The van der Waals surface area contributed by atoms with Crippen molar-refractivity contribution in [1.82, 2.24) is 20.0 Å². The number of aryl methyl sites for hydroxylation is 1. The monoisotopic (exact) mass is 258 g/mol. The van der Waals surface area contributed by atoms with Gasteiger partial charge in [-0.1, -0.05) is 0 Å². The number of rotatable bonds is 1. The highest BCUT2D eigenvalue weighted by molar-refractivity contribution is 5.94. The lowest BCUT2D eigenvalue weighted by Gasteiger charge is -2.37. The normalized spacial score (nSPS) is 24.3. The van der Waals surface area contributed by atoms with E-state index in [4.69, 9.17) is 0 Å². The Kier molecular flexibility index (Phi) is 4.54. The van der Waals surface area contributed by atoms with E-state index in [1.165, 1.54) is 0 Å². The number of hydrogen-bond acceptors (Lipinski definition) is 3. The lowest BCUT2D eigenvalue weighted by atomic mass is 10.1. The van der Waals surface area contributed by atoms with E-state index in [0.29, 0.717) is 11.6 Å². The van der Waals surface area contributed by atoms with Gasteiger partial charge >= 0.3 is 0 Å². The van der Waals surface area contributed by atoms with Crippen LogP contribution in [0.1, 0.15) is 24.2 Å². The summed E-state index contributed by atoms with van der Waals surface area (Å²) in [4.78, 5) is 14.1. The van der Waals surface area contributed by atoms with Gasteiger partial charge in [-0.15, -0.1) is 12.4 Å². The predicted octanol–water partition coefficient (Wildman–Crippen LogP) is 0.664. The van der Waals surface area contributed by atoms with Crippen LogP contribution in [0, 0.1) is 0 Å². The average Bonchev–Trinajstić information content (AvgIpc) is 2.67. The summed E-state index contributed by atoms with van der Waals surface area (Å²) < 4.78 is 1.66. The number of carbonyl (C=O) groups is 1. The molecule has 1 amide bonds. The van der Waals surface area contributed by atoms with Gasteiger partial charge in [0.2, 0.25) is 0 Å². The molecule has 2 heterocycles. The molecule has 0 aliphatic carbocycles. The molecule has 2 unspecified atom stereocenters. The maximum atomic E-state index is 12.2. The van der Waals surface area contributed by atoms with Gasteiger partial charge in [0.1, 0.15) is 0 Å². The van der Waals surface area contributed by atoms with Crippen LogP contribution in [0.25, 0.3) is 0 Å². The summed E-state index contributed by atoms with van der Waals surface area (Å²) in [5, 5.41) is 7.39. The first-order valence-corrected chi connectivity index (χ1v) is 5.61. The topological polar surface area (TPSA) is 50.2 Å². The molecule has 1 fully saturated rings. The number of hydrogen-bond donors (Lipinski definition) is 1. The van der Waals surface area contributed by atoms with Crippen molar-refractivity contribution in [2.45, 2.75) is 25.9 Å². The van der Waals surface area contributed by atoms with E-state index in [0.717, 1.165) is 13.1 Å². The Morgan fingerprint density at radius 1 is 1.53 bits per heavy atom. The van der Waals surface area contributed by atoms with Crippen LogP contribution in [-0.4, -0.2) is 45.8 Å². The standard InChI is InChI=1S/C11H18N4O.ClH/c1-8-6-15(9(2)4-12-8)11(16)10-5-13-14(3)7-10;/h5,7-9,12H,4,6H2,1-3H3;1H. The Labute approximate surface area is 108 Å². The summed E-state index contributed by atoms with van der Waals surface area (Å²) >= 11 is 0. The van der Waals surface area contributed by atoms with E-state index in [2.05, 4.69) is 24.3 Å². The Morgan fingerprint density at radius 2 is 2.24 bits per heavy atom. The van der Waals surface area contributed by atoms with Crippen LogP contribution in [0.3, 0.4) is 0 Å². The smallest absolute Gasteiger partial charge is 0.257 e. The van der Waals surface area contributed by atoms with E-state index in [9.17, 15) is 4.79 Å². The molecule has 1 N–H and O–H groups in total. The van der Waals surface area contributed by atoms with Gasteiger partial charge in [-0.2, -0.15) is 5.10 Å². The second kappa shape index (κ2) is 5.51. The second-order valence-corrected chi connectivity index (χ2v) is 4.52. The van der Waals surface area contributed by atoms with Gasteiger partial charge in [-0.25, -0.2) is 0 Å². The van der Waals surface area contributed by atoms with E-state index >= 15 is 0 Å². The van der Waals surface area contributed by atoms with E-state index in [1.807, 2.05) is 11.9 Å². The Hall–Kier alpha value is -1.07. The number of nitrogens with zero attached hydrogens (tertiary/aromatic N) is 3. The zero-order valence-corrected chi connectivity index (χ0v) is 11.2. The van der Waals surface area contributed by atoms with Crippen LogP contribution >= 0.6 is 12.4 Å². The first-order valence-electron chi connectivity index (χ1n) is 5.61. The number of nitrogens with one attached hydrogen (secondary N) is 1. The molecular formula is C11H19ClN4O. The third kappa shape index (κ3) is 2.98. The van der Waals surface area contributed by atoms with E-state index in [1.54, 1.807) is 17.1 Å². The van der Waals surface area contributed by atoms with Crippen molar-refractivity contribution >= 4 is 18.3 Å². The number of amides is 1. The van der Waals surface area contributed by atoms with Gasteiger partial charge in [0, 0.05) is 38.4 Å². The number of aromatic nitrogens is 2. The average molecular weight is 259 g/mol. The molecular weight excluding hydrogens is 240 g/mol. The Morgan fingerprint density at radius 3 is 2.82 bits per heavy atom. The number of halogens is 1. The van der Waals surface area contributed by atoms with Gasteiger partial charge in [0.05, 0.1) is 11.8 Å². The largest absolute Gasteiger partial charge is 0.333 e. The minimum atomic E-state index is 0. The minimum Gasteiger partial charge on any atom is -0.333 e. The molecule has 0 radical (unpaired) electrons. The summed E-state index contributed by atoms with van der Waals surface area (Å²) in [7, 11) is 1.82. The fourth-order valence-corrected chi connectivity index (χ4v) is 2.00. The van der Waals surface area contributed by atoms with Crippen molar-refractivity contribution in [3.05, 3.63) is 18.0 Å². The maximum absolute atomic E-state index is 12.2. The molecule has 1 saturated heterocycles. The van der Waals surface area contributed by atoms with Gasteiger partial charge in [0.25, 0.3) is 5.91 Å². The van der Waals surface area contributed by atoms with Crippen molar-refractivity contribution in [3.63, 3.8) is 0 Å². The van der Waals surface area contributed by atoms with Crippen molar-refractivity contribution in [3.8, 4) is 0 Å². The molecule has 6 heteroatoms. The van der Waals surface area contributed by atoms with Crippen LogP contribution in [0.2, 0.25) is 0 Å². The summed E-state index contributed by atoms with van der Waals surface area (Å²) in [5.41, 5.74) is 0.670. The first-order chi connectivity index (χ1) is 7.58. The molecule has 1 aliphatic heterocycles. The third-order valence-electron chi connectivity index (χ3n) is 2.98. The van der Waals surface area contributed by atoms with Crippen LogP contribution in [0.4, 0.5) is 0 Å². The number of carbonyl (C=O) groups excluding carboxylic acids is 1. The molecule has 0 saturated carbocycles. The lowest BCUT2D eigenvalue weighted by Crippen LogP contribution is -2.56. The summed E-state index contributed by atoms with van der Waals surface area (Å²) in [6.45, 7) is 5.77. The maximum Gasteiger partial charge on any atom is 0.257 e. The van der Waals surface area contributed by atoms with Crippen LogP contribution in [0.15, 0.2) is 12.4 Å². The highest BCUT2D eigenvalue weighted by Gasteiger charge is 2.27. The van der Waals surface area contributed by atoms with Crippen molar-refractivity contribution in [2.75, 3.05) is 13.1 Å². The molecule has 5 nitrogen and oxygen atoms in total. The molecule has 0 bridgehead atoms. The molecule has 0 aromatic carbocycles. The fourth-order valence-electron chi connectivity index (χ4n) is 2.00. The molecule has 0 spiro atoms. The van der Waals surface area contributed by atoms with Crippen molar-refractivity contribution in [2.24, 2.45) is 7.05 Å². The summed E-state index contributed by atoms with van der Waals surface area (Å²) in [5.74, 6) is 0.0777. The molecule has 1 aromatic heterocycles.